The van der Waals surface area contributed by atoms with E-state index in [4.69, 9.17) is 4.99 Å². The quantitative estimate of drug-likeness (QED) is 0.768. The lowest BCUT2D eigenvalue weighted by molar-refractivity contribution is -0.136. The summed E-state index contributed by atoms with van der Waals surface area (Å²) < 4.78 is 0. The van der Waals surface area contributed by atoms with Crippen LogP contribution in [0, 0.1) is 5.92 Å². The number of benzene rings is 1. The third-order valence-corrected chi connectivity index (χ3v) is 5.41. The molecule has 0 saturated carbocycles. The van der Waals surface area contributed by atoms with Crippen LogP contribution in [0.3, 0.4) is 0 Å². The smallest absolute Gasteiger partial charge is 0.225 e. The van der Waals surface area contributed by atoms with Crippen molar-refractivity contribution in [3.05, 3.63) is 42.0 Å². The van der Waals surface area contributed by atoms with Crippen molar-refractivity contribution >= 4 is 17.3 Å². The summed E-state index contributed by atoms with van der Waals surface area (Å²) in [5.41, 5.74) is 4.79. The summed E-state index contributed by atoms with van der Waals surface area (Å²) in [6.07, 6.45) is 2.74. The molecule has 0 bridgehead atoms. The number of hydrogen-bond donors (Lipinski definition) is 0. The molecule has 3 nitrogen and oxygen atoms in total. The van der Waals surface area contributed by atoms with Crippen LogP contribution >= 0.6 is 0 Å². The van der Waals surface area contributed by atoms with E-state index in [0.717, 1.165) is 43.6 Å². The van der Waals surface area contributed by atoms with Gasteiger partial charge in [-0.3, -0.25) is 9.79 Å². The Morgan fingerprint density at radius 1 is 1.35 bits per heavy atom. The molecule has 2 heterocycles. The van der Waals surface area contributed by atoms with E-state index in [-0.39, 0.29) is 17.2 Å². The molecular weight excluding hydrogens is 284 g/mol. The van der Waals surface area contributed by atoms with Crippen molar-refractivity contribution < 1.29 is 4.79 Å². The van der Waals surface area contributed by atoms with Crippen LogP contribution < -0.4 is 0 Å². The first-order valence-corrected chi connectivity index (χ1v) is 8.52. The Morgan fingerprint density at radius 3 is 2.65 bits per heavy atom. The number of rotatable bonds is 3. The molecule has 0 aromatic heterocycles. The van der Waals surface area contributed by atoms with Gasteiger partial charge in [0.1, 0.15) is 0 Å². The van der Waals surface area contributed by atoms with E-state index in [1.165, 1.54) is 11.3 Å². The minimum atomic E-state index is 0.0344. The van der Waals surface area contributed by atoms with Gasteiger partial charge in [0.25, 0.3) is 0 Å². The van der Waals surface area contributed by atoms with E-state index >= 15 is 0 Å². The van der Waals surface area contributed by atoms with Crippen molar-refractivity contribution in [1.29, 1.82) is 0 Å². The van der Waals surface area contributed by atoms with Gasteiger partial charge in [-0.25, -0.2) is 0 Å². The van der Waals surface area contributed by atoms with E-state index in [0.29, 0.717) is 0 Å². The highest BCUT2D eigenvalue weighted by atomic mass is 16.2. The first-order chi connectivity index (χ1) is 10.9. The fourth-order valence-electron chi connectivity index (χ4n) is 4.12. The van der Waals surface area contributed by atoms with Crippen molar-refractivity contribution in [2.75, 3.05) is 13.1 Å². The van der Waals surface area contributed by atoms with Crippen LogP contribution in [0.1, 0.15) is 45.6 Å². The highest BCUT2D eigenvalue weighted by Gasteiger charge is 2.44. The summed E-state index contributed by atoms with van der Waals surface area (Å²) in [6, 6.07) is 8.45. The molecule has 3 rings (SSSR count). The number of nitrogens with zero attached hydrogens (tertiary/aromatic N) is 2. The predicted molar refractivity (Wildman–Crippen MR) is 95.3 cm³/mol. The fraction of sp³-hybridized carbons (Fsp3) is 0.500. The Labute approximate surface area is 139 Å². The summed E-state index contributed by atoms with van der Waals surface area (Å²) in [5.74, 6) is 0.302. The Balaban J connectivity index is 1.73. The number of carbonyl (C=O) groups is 1. The third kappa shape index (κ3) is 2.73. The first-order valence-electron chi connectivity index (χ1n) is 8.52. The number of aliphatic imine (C=N–C) groups is 1. The molecule has 122 valence electrons. The molecule has 0 aliphatic carbocycles. The Bertz CT molecular complexity index is 666. The lowest BCUT2D eigenvalue weighted by Crippen LogP contribution is -2.48. The van der Waals surface area contributed by atoms with E-state index in [2.05, 4.69) is 31.7 Å². The standard InChI is InChI=1S/C20H26N2O/c1-14(2)13-15(3)19(23)22-11-9-20(10-12-22)16(4)21-18-8-6-5-7-17(18)20/h5-8,15H,1,9-13H2,2-4H3. The van der Waals surface area contributed by atoms with Crippen molar-refractivity contribution in [1.82, 2.24) is 4.90 Å². The second kappa shape index (κ2) is 5.95. The summed E-state index contributed by atoms with van der Waals surface area (Å²) in [4.78, 5) is 19.4. The van der Waals surface area contributed by atoms with Gasteiger partial charge in [0.15, 0.2) is 0 Å². The maximum absolute atomic E-state index is 12.6. The summed E-state index contributed by atoms with van der Waals surface area (Å²) in [6.45, 7) is 11.7. The predicted octanol–water partition coefficient (Wildman–Crippen LogP) is 4.26. The summed E-state index contributed by atoms with van der Waals surface area (Å²) in [7, 11) is 0. The van der Waals surface area contributed by atoms with E-state index < -0.39 is 0 Å². The molecule has 1 unspecified atom stereocenters. The van der Waals surface area contributed by atoms with Crippen LogP contribution in [0.5, 0.6) is 0 Å². The highest BCUT2D eigenvalue weighted by Crippen LogP contribution is 2.46. The molecule has 2 aliphatic rings. The molecular formula is C20H26N2O. The Hall–Kier alpha value is -1.90. The molecule has 1 fully saturated rings. The van der Waals surface area contributed by atoms with Crippen LogP contribution in [-0.4, -0.2) is 29.6 Å². The lowest BCUT2D eigenvalue weighted by Gasteiger charge is -2.41. The molecule has 0 radical (unpaired) electrons. The molecule has 1 atom stereocenters. The average molecular weight is 310 g/mol. The Morgan fingerprint density at radius 2 is 2.00 bits per heavy atom. The van der Waals surface area contributed by atoms with Gasteiger partial charge in [-0.05, 0) is 44.7 Å². The van der Waals surface area contributed by atoms with Gasteiger partial charge in [0, 0.05) is 30.1 Å². The molecule has 1 saturated heterocycles. The monoisotopic (exact) mass is 310 g/mol. The average Bonchev–Trinajstić information content (AvgIpc) is 2.79. The SMILES string of the molecule is C=C(C)CC(C)C(=O)N1CCC2(CC1)C(C)=Nc1ccccc12. The second-order valence-electron chi connectivity index (χ2n) is 7.18. The number of carbonyl (C=O) groups excluding carboxylic acids is 1. The zero-order valence-electron chi connectivity index (χ0n) is 14.4. The lowest BCUT2D eigenvalue weighted by atomic mass is 9.70. The largest absolute Gasteiger partial charge is 0.342 e. The van der Waals surface area contributed by atoms with E-state index in [1.807, 2.05) is 24.8 Å². The minimum Gasteiger partial charge on any atom is -0.342 e. The van der Waals surface area contributed by atoms with Gasteiger partial charge >= 0.3 is 0 Å². The minimum absolute atomic E-state index is 0.0344. The van der Waals surface area contributed by atoms with Crippen LogP contribution in [0.4, 0.5) is 5.69 Å². The van der Waals surface area contributed by atoms with Crippen LogP contribution in [0.25, 0.3) is 0 Å². The van der Waals surface area contributed by atoms with Crippen LogP contribution in [-0.2, 0) is 10.2 Å². The van der Waals surface area contributed by atoms with Gasteiger partial charge in [0.05, 0.1) is 5.69 Å². The maximum atomic E-state index is 12.6. The van der Waals surface area contributed by atoms with Gasteiger partial charge in [-0.15, -0.1) is 6.58 Å². The highest BCUT2D eigenvalue weighted by molar-refractivity contribution is 6.00. The summed E-state index contributed by atoms with van der Waals surface area (Å²) in [5, 5.41) is 0. The molecule has 1 aromatic rings. The fourth-order valence-corrected chi connectivity index (χ4v) is 4.12. The van der Waals surface area contributed by atoms with Crippen molar-refractivity contribution in [3.8, 4) is 0 Å². The first kappa shape index (κ1) is 16.0. The number of hydrogen-bond acceptors (Lipinski definition) is 2. The van der Waals surface area contributed by atoms with Gasteiger partial charge < -0.3 is 4.90 Å². The topological polar surface area (TPSA) is 32.7 Å². The Kier molecular flexibility index (Phi) is 4.13. The third-order valence-electron chi connectivity index (χ3n) is 5.41. The molecule has 1 amide bonds. The second-order valence-corrected chi connectivity index (χ2v) is 7.18. The molecule has 3 heteroatoms. The van der Waals surface area contributed by atoms with Crippen LogP contribution in [0.15, 0.2) is 41.4 Å². The van der Waals surface area contributed by atoms with Crippen LogP contribution in [0.2, 0.25) is 0 Å². The number of likely N-dealkylation sites (tertiary alicyclic amines) is 1. The van der Waals surface area contributed by atoms with Gasteiger partial charge in [-0.2, -0.15) is 0 Å². The number of piperidine rings is 1. The number of para-hydroxylation sites is 1. The molecule has 23 heavy (non-hydrogen) atoms. The molecule has 0 N–H and O–H groups in total. The maximum Gasteiger partial charge on any atom is 0.225 e. The molecule has 1 spiro atoms. The van der Waals surface area contributed by atoms with E-state index in [9.17, 15) is 4.79 Å². The van der Waals surface area contributed by atoms with Gasteiger partial charge in [-0.1, -0.05) is 30.7 Å². The zero-order valence-corrected chi connectivity index (χ0v) is 14.4. The normalized spacial score (nSPS) is 20.1. The van der Waals surface area contributed by atoms with Crippen molar-refractivity contribution in [3.63, 3.8) is 0 Å². The van der Waals surface area contributed by atoms with Crippen molar-refractivity contribution in [2.45, 2.75) is 45.4 Å². The number of fused-ring (bicyclic) bond motifs is 2. The van der Waals surface area contributed by atoms with Crippen molar-refractivity contribution in [2.24, 2.45) is 10.9 Å². The molecule has 1 aromatic carbocycles. The van der Waals surface area contributed by atoms with E-state index in [1.54, 1.807) is 0 Å². The number of allylic oxidation sites excluding steroid dienone is 1. The number of amides is 1. The summed E-state index contributed by atoms with van der Waals surface area (Å²) >= 11 is 0. The zero-order chi connectivity index (χ0) is 16.6. The molecule has 2 aliphatic heterocycles. The van der Waals surface area contributed by atoms with Gasteiger partial charge in [0.2, 0.25) is 5.91 Å².